The summed E-state index contributed by atoms with van der Waals surface area (Å²) in [5.74, 6) is 1.83. The van der Waals surface area contributed by atoms with Gasteiger partial charge in [0.1, 0.15) is 11.5 Å². The molecule has 0 fully saturated rings. The van der Waals surface area contributed by atoms with Crippen LogP contribution in [0.15, 0.2) is 93.9 Å². The van der Waals surface area contributed by atoms with Gasteiger partial charge in [-0.2, -0.15) is 0 Å². The van der Waals surface area contributed by atoms with Gasteiger partial charge in [-0.05, 0) is 58.7 Å². The average Bonchev–Trinajstić information content (AvgIpc) is 2.98. The summed E-state index contributed by atoms with van der Waals surface area (Å²) in [6, 6.07) is 30.1. The van der Waals surface area contributed by atoms with E-state index in [0.29, 0.717) is 0 Å². The third-order valence-corrected chi connectivity index (χ3v) is 6.85. The van der Waals surface area contributed by atoms with E-state index in [1.54, 1.807) is 0 Å². The lowest BCUT2D eigenvalue weighted by atomic mass is 9.66. The molecule has 0 N–H and O–H groups in total. The van der Waals surface area contributed by atoms with E-state index >= 15 is 0 Å². The van der Waals surface area contributed by atoms with Crippen LogP contribution < -0.4 is 4.74 Å². The van der Waals surface area contributed by atoms with E-state index < -0.39 is 5.41 Å². The zero-order chi connectivity index (χ0) is 18.9. The first kappa shape index (κ1) is 16.6. The van der Waals surface area contributed by atoms with Crippen molar-refractivity contribution in [3.8, 4) is 22.6 Å². The van der Waals surface area contributed by atoms with E-state index in [9.17, 15) is 0 Å². The lowest BCUT2D eigenvalue weighted by molar-refractivity contribution is 0.436. The standard InChI is InChI=1S/C25H14Br2O/c26-15-9-11-17-18-12-10-16(27)14-22(18)25(21(17)13-15)19-5-1-3-7-23(19)28-24-8-4-2-6-20(24)25/h1-14H. The Bertz CT molecular complexity index is 1180. The van der Waals surface area contributed by atoms with Gasteiger partial charge in [0.2, 0.25) is 0 Å². The average molecular weight is 490 g/mol. The van der Waals surface area contributed by atoms with E-state index in [4.69, 9.17) is 4.74 Å². The molecule has 4 aromatic rings. The van der Waals surface area contributed by atoms with Crippen molar-refractivity contribution >= 4 is 31.9 Å². The van der Waals surface area contributed by atoms with Gasteiger partial charge in [-0.15, -0.1) is 0 Å². The first-order valence-corrected chi connectivity index (χ1v) is 10.8. The predicted molar refractivity (Wildman–Crippen MR) is 119 cm³/mol. The first-order chi connectivity index (χ1) is 13.7. The van der Waals surface area contributed by atoms with Gasteiger partial charge in [0, 0.05) is 20.1 Å². The molecule has 1 aliphatic heterocycles. The van der Waals surface area contributed by atoms with E-state index in [2.05, 4.69) is 105 Å². The van der Waals surface area contributed by atoms with Crippen molar-refractivity contribution < 1.29 is 4.74 Å². The number of rotatable bonds is 0. The molecule has 1 heterocycles. The quantitative estimate of drug-likeness (QED) is 0.212. The minimum Gasteiger partial charge on any atom is -0.457 e. The zero-order valence-corrected chi connectivity index (χ0v) is 17.9. The fourth-order valence-electron chi connectivity index (χ4n) is 4.84. The second-order valence-electron chi connectivity index (χ2n) is 7.22. The molecular weight excluding hydrogens is 476 g/mol. The van der Waals surface area contributed by atoms with Crippen LogP contribution in [0.25, 0.3) is 11.1 Å². The molecule has 4 aromatic carbocycles. The highest BCUT2D eigenvalue weighted by Gasteiger charge is 2.51. The van der Waals surface area contributed by atoms with Crippen LogP contribution >= 0.6 is 31.9 Å². The number of halogens is 2. The summed E-state index contributed by atoms with van der Waals surface area (Å²) >= 11 is 7.43. The lowest BCUT2D eigenvalue weighted by Crippen LogP contribution is -2.32. The minimum absolute atomic E-state index is 0.399. The molecule has 0 unspecified atom stereocenters. The van der Waals surface area contributed by atoms with Crippen LogP contribution in [0.3, 0.4) is 0 Å². The third-order valence-electron chi connectivity index (χ3n) is 5.86. The Morgan fingerprint density at radius 3 is 1.50 bits per heavy atom. The number of hydrogen-bond donors (Lipinski definition) is 0. The van der Waals surface area contributed by atoms with E-state index in [0.717, 1.165) is 20.4 Å². The predicted octanol–water partition coefficient (Wildman–Crippen LogP) is 7.68. The molecule has 3 heteroatoms. The van der Waals surface area contributed by atoms with Gasteiger partial charge in [0.25, 0.3) is 0 Å². The first-order valence-electron chi connectivity index (χ1n) is 9.17. The Hall–Kier alpha value is -2.36. The minimum atomic E-state index is -0.399. The number of benzene rings is 4. The topological polar surface area (TPSA) is 9.23 Å². The van der Waals surface area contributed by atoms with Crippen LogP contribution in [-0.4, -0.2) is 0 Å². The molecule has 1 aliphatic carbocycles. The third kappa shape index (κ3) is 2.01. The zero-order valence-electron chi connectivity index (χ0n) is 14.7. The monoisotopic (exact) mass is 488 g/mol. The molecule has 2 aliphatic rings. The molecule has 134 valence electrons. The Morgan fingerprint density at radius 2 is 1.00 bits per heavy atom. The van der Waals surface area contributed by atoms with Crippen LogP contribution in [0.2, 0.25) is 0 Å². The molecule has 0 saturated heterocycles. The van der Waals surface area contributed by atoms with Crippen molar-refractivity contribution in [1.82, 2.24) is 0 Å². The van der Waals surface area contributed by atoms with Crippen LogP contribution in [0.1, 0.15) is 22.3 Å². The maximum Gasteiger partial charge on any atom is 0.132 e. The van der Waals surface area contributed by atoms with Gasteiger partial charge in [0.05, 0.1) is 5.41 Å². The van der Waals surface area contributed by atoms with Crippen molar-refractivity contribution in [2.45, 2.75) is 5.41 Å². The molecule has 6 rings (SSSR count). The van der Waals surface area contributed by atoms with Crippen molar-refractivity contribution in [2.75, 3.05) is 0 Å². The molecule has 1 spiro atoms. The summed E-state index contributed by atoms with van der Waals surface area (Å²) in [6.45, 7) is 0. The van der Waals surface area contributed by atoms with E-state index in [-0.39, 0.29) is 0 Å². The number of ether oxygens (including phenoxy) is 1. The number of para-hydroxylation sites is 2. The van der Waals surface area contributed by atoms with Crippen LogP contribution in [0, 0.1) is 0 Å². The maximum atomic E-state index is 6.33. The van der Waals surface area contributed by atoms with Gasteiger partial charge >= 0.3 is 0 Å². The van der Waals surface area contributed by atoms with Crippen molar-refractivity contribution in [3.05, 3.63) is 116 Å². The SMILES string of the molecule is Brc1ccc2c(c1)C1(c3ccccc3Oc3ccccc31)c1cc(Br)ccc1-2. The van der Waals surface area contributed by atoms with Crippen molar-refractivity contribution in [1.29, 1.82) is 0 Å². The molecule has 0 bridgehead atoms. The maximum absolute atomic E-state index is 6.33. The van der Waals surface area contributed by atoms with Gasteiger partial charge in [-0.25, -0.2) is 0 Å². The lowest BCUT2D eigenvalue weighted by Gasteiger charge is -2.39. The largest absolute Gasteiger partial charge is 0.457 e. The van der Waals surface area contributed by atoms with E-state index in [1.165, 1.54) is 33.4 Å². The Kier molecular flexibility index (Phi) is 3.45. The van der Waals surface area contributed by atoms with Crippen LogP contribution in [0.5, 0.6) is 11.5 Å². The van der Waals surface area contributed by atoms with Crippen molar-refractivity contribution in [2.24, 2.45) is 0 Å². The molecule has 0 aromatic heterocycles. The molecule has 28 heavy (non-hydrogen) atoms. The highest BCUT2D eigenvalue weighted by Crippen LogP contribution is 2.62. The summed E-state index contributed by atoms with van der Waals surface area (Å²) < 4.78 is 8.50. The van der Waals surface area contributed by atoms with Gasteiger partial charge < -0.3 is 4.74 Å². The van der Waals surface area contributed by atoms with Gasteiger partial charge in [0.15, 0.2) is 0 Å². The molecule has 1 nitrogen and oxygen atoms in total. The fourth-order valence-corrected chi connectivity index (χ4v) is 5.57. The second kappa shape index (κ2) is 5.82. The highest BCUT2D eigenvalue weighted by atomic mass is 79.9. The normalized spacial score (nSPS) is 14.6. The number of fused-ring (bicyclic) bond motifs is 9. The summed E-state index contributed by atoms with van der Waals surface area (Å²) in [7, 11) is 0. The van der Waals surface area contributed by atoms with Crippen LogP contribution in [-0.2, 0) is 5.41 Å². The summed E-state index contributed by atoms with van der Waals surface area (Å²) in [5, 5.41) is 0. The van der Waals surface area contributed by atoms with Crippen molar-refractivity contribution in [3.63, 3.8) is 0 Å². The molecule has 0 amide bonds. The van der Waals surface area contributed by atoms with Gasteiger partial charge in [-0.1, -0.05) is 80.4 Å². The van der Waals surface area contributed by atoms with Crippen LogP contribution in [0.4, 0.5) is 0 Å². The summed E-state index contributed by atoms with van der Waals surface area (Å²) in [5.41, 5.74) is 7.10. The molecular formula is C25H14Br2O. The second-order valence-corrected chi connectivity index (χ2v) is 9.06. The fraction of sp³-hybridized carbons (Fsp3) is 0.0400. The summed E-state index contributed by atoms with van der Waals surface area (Å²) in [4.78, 5) is 0. The molecule has 0 radical (unpaired) electrons. The smallest absolute Gasteiger partial charge is 0.132 e. The highest BCUT2D eigenvalue weighted by molar-refractivity contribution is 9.10. The summed E-state index contributed by atoms with van der Waals surface area (Å²) in [6.07, 6.45) is 0. The molecule has 0 atom stereocenters. The Labute approximate surface area is 180 Å². The van der Waals surface area contributed by atoms with Gasteiger partial charge in [-0.3, -0.25) is 0 Å². The molecule has 0 saturated carbocycles. The van der Waals surface area contributed by atoms with E-state index in [1.807, 2.05) is 12.1 Å². The number of hydrogen-bond acceptors (Lipinski definition) is 1. The Morgan fingerprint density at radius 1 is 0.536 bits per heavy atom. The Balaban J connectivity index is 1.87.